The third-order valence-electron chi connectivity index (χ3n) is 3.75. The maximum atomic E-state index is 12.3. The van der Waals surface area contributed by atoms with Gasteiger partial charge in [-0.05, 0) is 31.7 Å². The molecule has 18 heavy (non-hydrogen) atoms. The standard InChI is InChI=1S/C14H22N2O2/c1-11-4-7-16(8-5-11)14(17)15(3)10-13-6-9-18-12(13)2/h6,9,11H,4-5,7-8,10H2,1-3H3. The number of nitrogens with zero attached hydrogens (tertiary/aromatic N) is 2. The molecule has 2 rings (SSSR count). The van der Waals surface area contributed by atoms with Gasteiger partial charge in [0, 0.05) is 25.7 Å². The second-order valence-corrected chi connectivity index (χ2v) is 5.31. The van der Waals surface area contributed by atoms with E-state index in [0.717, 1.165) is 43.2 Å². The van der Waals surface area contributed by atoms with Crippen molar-refractivity contribution in [2.45, 2.75) is 33.2 Å². The Labute approximate surface area is 109 Å². The summed E-state index contributed by atoms with van der Waals surface area (Å²) in [6, 6.07) is 2.06. The fourth-order valence-electron chi connectivity index (χ4n) is 2.34. The third kappa shape index (κ3) is 2.86. The number of piperidine rings is 1. The number of carbonyl (C=O) groups excluding carboxylic acids is 1. The summed E-state index contributed by atoms with van der Waals surface area (Å²) in [4.78, 5) is 16.0. The van der Waals surface area contributed by atoms with Crippen LogP contribution in [0.2, 0.25) is 0 Å². The van der Waals surface area contributed by atoms with Crippen LogP contribution in [0.3, 0.4) is 0 Å². The molecular weight excluding hydrogens is 228 g/mol. The van der Waals surface area contributed by atoms with Crippen molar-refractivity contribution in [3.05, 3.63) is 23.7 Å². The molecule has 1 saturated heterocycles. The van der Waals surface area contributed by atoms with E-state index in [-0.39, 0.29) is 6.03 Å². The van der Waals surface area contributed by atoms with Gasteiger partial charge in [-0.3, -0.25) is 0 Å². The number of likely N-dealkylation sites (tertiary alicyclic amines) is 1. The maximum Gasteiger partial charge on any atom is 0.320 e. The molecule has 0 atom stereocenters. The summed E-state index contributed by atoms with van der Waals surface area (Å²) in [6.07, 6.45) is 3.90. The molecule has 1 aliphatic heterocycles. The molecule has 4 nitrogen and oxygen atoms in total. The van der Waals surface area contributed by atoms with E-state index in [1.54, 1.807) is 11.2 Å². The summed E-state index contributed by atoms with van der Waals surface area (Å²) < 4.78 is 5.25. The monoisotopic (exact) mass is 250 g/mol. The van der Waals surface area contributed by atoms with Crippen LogP contribution in [-0.4, -0.2) is 36.0 Å². The first-order chi connectivity index (χ1) is 8.58. The number of amides is 2. The Bertz CT molecular complexity index is 406. The molecule has 0 unspecified atom stereocenters. The van der Waals surface area contributed by atoms with Gasteiger partial charge in [0.15, 0.2) is 0 Å². The van der Waals surface area contributed by atoms with Crippen LogP contribution >= 0.6 is 0 Å². The molecule has 1 aromatic rings. The maximum absolute atomic E-state index is 12.3. The van der Waals surface area contributed by atoms with E-state index in [1.807, 2.05) is 24.9 Å². The summed E-state index contributed by atoms with van der Waals surface area (Å²) in [5, 5.41) is 0. The predicted octanol–water partition coefficient (Wildman–Crippen LogP) is 2.87. The highest BCUT2D eigenvalue weighted by molar-refractivity contribution is 5.74. The van der Waals surface area contributed by atoms with E-state index in [9.17, 15) is 4.79 Å². The first-order valence-corrected chi connectivity index (χ1v) is 6.61. The minimum atomic E-state index is 0.127. The van der Waals surface area contributed by atoms with Crippen molar-refractivity contribution >= 4 is 6.03 Å². The number of aryl methyl sites for hydroxylation is 1. The zero-order valence-electron chi connectivity index (χ0n) is 11.5. The van der Waals surface area contributed by atoms with Crippen molar-refractivity contribution in [2.75, 3.05) is 20.1 Å². The molecule has 0 saturated carbocycles. The van der Waals surface area contributed by atoms with Gasteiger partial charge >= 0.3 is 6.03 Å². The fourth-order valence-corrected chi connectivity index (χ4v) is 2.34. The van der Waals surface area contributed by atoms with Crippen molar-refractivity contribution in [1.82, 2.24) is 9.80 Å². The SMILES string of the molecule is Cc1occc1CN(C)C(=O)N1CCC(C)CC1. The van der Waals surface area contributed by atoms with Gasteiger partial charge in [-0.1, -0.05) is 6.92 Å². The largest absolute Gasteiger partial charge is 0.469 e. The molecule has 2 amide bonds. The molecule has 0 bridgehead atoms. The summed E-state index contributed by atoms with van der Waals surface area (Å²) in [7, 11) is 1.85. The Morgan fingerprint density at radius 2 is 2.17 bits per heavy atom. The molecule has 0 aromatic carbocycles. The lowest BCUT2D eigenvalue weighted by atomic mass is 10.00. The van der Waals surface area contributed by atoms with Crippen LogP contribution < -0.4 is 0 Å². The summed E-state index contributed by atoms with van der Waals surface area (Å²) in [5.74, 6) is 1.64. The second-order valence-electron chi connectivity index (χ2n) is 5.31. The van der Waals surface area contributed by atoms with Gasteiger partial charge in [0.2, 0.25) is 0 Å². The van der Waals surface area contributed by atoms with E-state index in [4.69, 9.17) is 4.42 Å². The van der Waals surface area contributed by atoms with Crippen LogP contribution in [0.15, 0.2) is 16.7 Å². The fraction of sp³-hybridized carbons (Fsp3) is 0.643. The molecule has 4 heteroatoms. The van der Waals surface area contributed by atoms with E-state index < -0.39 is 0 Å². The highest BCUT2D eigenvalue weighted by atomic mass is 16.3. The molecular formula is C14H22N2O2. The average Bonchev–Trinajstić information content (AvgIpc) is 2.75. The minimum Gasteiger partial charge on any atom is -0.469 e. The summed E-state index contributed by atoms with van der Waals surface area (Å²) >= 11 is 0. The number of carbonyl (C=O) groups is 1. The zero-order valence-corrected chi connectivity index (χ0v) is 11.5. The second kappa shape index (κ2) is 5.46. The van der Waals surface area contributed by atoms with Gasteiger partial charge in [0.05, 0.1) is 12.8 Å². The Kier molecular flexibility index (Phi) is 3.94. The van der Waals surface area contributed by atoms with Crippen LogP contribution in [0.4, 0.5) is 4.79 Å². The summed E-state index contributed by atoms with van der Waals surface area (Å²) in [5.41, 5.74) is 1.08. The number of urea groups is 1. The quantitative estimate of drug-likeness (QED) is 0.809. The lowest BCUT2D eigenvalue weighted by Gasteiger charge is -2.33. The van der Waals surface area contributed by atoms with Crippen molar-refractivity contribution in [1.29, 1.82) is 0 Å². The Balaban J connectivity index is 1.91. The van der Waals surface area contributed by atoms with Crippen LogP contribution in [0, 0.1) is 12.8 Å². The Morgan fingerprint density at radius 1 is 1.50 bits per heavy atom. The molecule has 1 fully saturated rings. The minimum absolute atomic E-state index is 0.127. The van der Waals surface area contributed by atoms with Crippen LogP contribution in [-0.2, 0) is 6.54 Å². The van der Waals surface area contributed by atoms with Gasteiger partial charge in [0.25, 0.3) is 0 Å². The Morgan fingerprint density at radius 3 is 2.72 bits per heavy atom. The third-order valence-corrected chi connectivity index (χ3v) is 3.75. The van der Waals surface area contributed by atoms with Crippen LogP contribution in [0.1, 0.15) is 31.1 Å². The number of furan rings is 1. The number of hydrogen-bond acceptors (Lipinski definition) is 2. The highest BCUT2D eigenvalue weighted by Crippen LogP contribution is 2.18. The summed E-state index contributed by atoms with van der Waals surface area (Å²) in [6.45, 7) is 6.56. The van der Waals surface area contributed by atoms with Crippen molar-refractivity contribution in [3.63, 3.8) is 0 Å². The van der Waals surface area contributed by atoms with Crippen molar-refractivity contribution < 1.29 is 9.21 Å². The molecule has 1 aromatic heterocycles. The average molecular weight is 250 g/mol. The first-order valence-electron chi connectivity index (χ1n) is 6.61. The zero-order chi connectivity index (χ0) is 13.1. The van der Waals surface area contributed by atoms with Gasteiger partial charge in [-0.15, -0.1) is 0 Å². The van der Waals surface area contributed by atoms with Crippen LogP contribution in [0.5, 0.6) is 0 Å². The smallest absolute Gasteiger partial charge is 0.320 e. The molecule has 1 aliphatic rings. The normalized spacial score (nSPS) is 16.9. The van der Waals surface area contributed by atoms with Gasteiger partial charge in [-0.2, -0.15) is 0 Å². The van der Waals surface area contributed by atoms with Gasteiger partial charge in [0.1, 0.15) is 5.76 Å². The molecule has 100 valence electrons. The van der Waals surface area contributed by atoms with E-state index in [0.29, 0.717) is 6.54 Å². The van der Waals surface area contributed by atoms with E-state index in [2.05, 4.69) is 6.92 Å². The van der Waals surface area contributed by atoms with Gasteiger partial charge in [-0.25, -0.2) is 4.79 Å². The van der Waals surface area contributed by atoms with Gasteiger partial charge < -0.3 is 14.2 Å². The van der Waals surface area contributed by atoms with Crippen LogP contribution in [0.25, 0.3) is 0 Å². The highest BCUT2D eigenvalue weighted by Gasteiger charge is 2.23. The molecule has 0 radical (unpaired) electrons. The van der Waals surface area contributed by atoms with E-state index in [1.165, 1.54) is 0 Å². The predicted molar refractivity (Wildman–Crippen MR) is 70.3 cm³/mol. The first kappa shape index (κ1) is 13.0. The molecule has 0 N–H and O–H groups in total. The van der Waals surface area contributed by atoms with E-state index >= 15 is 0 Å². The number of rotatable bonds is 2. The van der Waals surface area contributed by atoms with Crippen molar-refractivity contribution in [2.24, 2.45) is 5.92 Å². The van der Waals surface area contributed by atoms with Crippen molar-refractivity contribution in [3.8, 4) is 0 Å². The topological polar surface area (TPSA) is 36.7 Å². The lowest BCUT2D eigenvalue weighted by molar-refractivity contribution is 0.141. The number of hydrogen-bond donors (Lipinski definition) is 0. The molecule has 0 spiro atoms. The molecule has 2 heterocycles. The lowest BCUT2D eigenvalue weighted by Crippen LogP contribution is -2.44. The Hall–Kier alpha value is -1.45. The molecule has 0 aliphatic carbocycles.